The number of pyridine rings is 1. The van der Waals surface area contributed by atoms with Crippen molar-refractivity contribution < 1.29 is 4.79 Å². The van der Waals surface area contributed by atoms with E-state index in [1.165, 1.54) is 0 Å². The Kier molecular flexibility index (Phi) is 2.68. The molecule has 1 aliphatic carbocycles. The number of carbonyl (C=O) groups is 1. The van der Waals surface area contributed by atoms with Crippen LogP contribution in [-0.4, -0.2) is 28.9 Å². The SMILES string of the molecule is CN(C(=O)c1ccc(CN)nc1)C1CC1. The van der Waals surface area contributed by atoms with Crippen molar-refractivity contribution in [2.45, 2.75) is 25.4 Å². The van der Waals surface area contributed by atoms with Crippen LogP contribution in [-0.2, 0) is 6.54 Å². The van der Waals surface area contributed by atoms with Crippen LogP contribution in [0.25, 0.3) is 0 Å². The molecule has 0 atom stereocenters. The average Bonchev–Trinajstić information content (AvgIpc) is 3.11. The molecule has 1 saturated carbocycles. The van der Waals surface area contributed by atoms with Gasteiger partial charge in [0.15, 0.2) is 0 Å². The van der Waals surface area contributed by atoms with Gasteiger partial charge in [0.1, 0.15) is 0 Å². The summed E-state index contributed by atoms with van der Waals surface area (Å²) in [5.41, 5.74) is 6.88. The normalized spacial score (nSPS) is 15.1. The molecule has 1 amide bonds. The third-order valence-electron chi connectivity index (χ3n) is 2.70. The number of amides is 1. The van der Waals surface area contributed by atoms with Gasteiger partial charge >= 0.3 is 0 Å². The first kappa shape index (κ1) is 10.1. The molecule has 1 heterocycles. The van der Waals surface area contributed by atoms with Crippen molar-refractivity contribution in [1.29, 1.82) is 0 Å². The Hall–Kier alpha value is -1.42. The first-order valence-corrected chi connectivity index (χ1v) is 5.14. The summed E-state index contributed by atoms with van der Waals surface area (Å²) in [5, 5.41) is 0. The van der Waals surface area contributed by atoms with E-state index in [0.717, 1.165) is 18.5 Å². The Labute approximate surface area is 89.1 Å². The number of hydrogen-bond acceptors (Lipinski definition) is 3. The lowest BCUT2D eigenvalue weighted by molar-refractivity contribution is 0.0784. The van der Waals surface area contributed by atoms with E-state index >= 15 is 0 Å². The van der Waals surface area contributed by atoms with Gasteiger partial charge in [-0.3, -0.25) is 9.78 Å². The summed E-state index contributed by atoms with van der Waals surface area (Å²) in [6.45, 7) is 0.410. The molecule has 0 aromatic carbocycles. The minimum absolute atomic E-state index is 0.0496. The molecule has 4 nitrogen and oxygen atoms in total. The van der Waals surface area contributed by atoms with Crippen LogP contribution in [0.1, 0.15) is 28.9 Å². The maximum atomic E-state index is 11.9. The minimum atomic E-state index is 0.0496. The van der Waals surface area contributed by atoms with E-state index in [-0.39, 0.29) is 5.91 Å². The second kappa shape index (κ2) is 3.98. The predicted octanol–water partition coefficient (Wildman–Crippen LogP) is 0.775. The zero-order chi connectivity index (χ0) is 10.8. The summed E-state index contributed by atoms with van der Waals surface area (Å²) in [7, 11) is 1.84. The van der Waals surface area contributed by atoms with Crippen molar-refractivity contribution in [3.05, 3.63) is 29.6 Å². The maximum Gasteiger partial charge on any atom is 0.255 e. The van der Waals surface area contributed by atoms with E-state index in [9.17, 15) is 4.79 Å². The average molecular weight is 205 g/mol. The molecular weight excluding hydrogens is 190 g/mol. The highest BCUT2D eigenvalue weighted by atomic mass is 16.2. The predicted molar refractivity (Wildman–Crippen MR) is 57.2 cm³/mol. The first-order chi connectivity index (χ1) is 7.22. The van der Waals surface area contributed by atoms with Crippen molar-refractivity contribution in [3.8, 4) is 0 Å². The molecule has 1 aromatic heterocycles. The van der Waals surface area contributed by atoms with E-state index in [0.29, 0.717) is 18.2 Å². The fourth-order valence-electron chi connectivity index (χ4n) is 1.50. The van der Waals surface area contributed by atoms with Gasteiger partial charge in [-0.25, -0.2) is 0 Å². The summed E-state index contributed by atoms with van der Waals surface area (Å²) in [4.78, 5) is 17.8. The highest BCUT2D eigenvalue weighted by Crippen LogP contribution is 2.26. The third kappa shape index (κ3) is 2.15. The minimum Gasteiger partial charge on any atom is -0.339 e. The van der Waals surface area contributed by atoms with Crippen LogP contribution in [0.3, 0.4) is 0 Å². The van der Waals surface area contributed by atoms with Gasteiger partial charge in [0, 0.05) is 25.8 Å². The van der Waals surface area contributed by atoms with Crippen molar-refractivity contribution >= 4 is 5.91 Å². The fourth-order valence-corrected chi connectivity index (χ4v) is 1.50. The van der Waals surface area contributed by atoms with Gasteiger partial charge in [-0.2, -0.15) is 0 Å². The Balaban J connectivity index is 2.10. The summed E-state index contributed by atoms with van der Waals surface area (Å²) in [5.74, 6) is 0.0496. The lowest BCUT2D eigenvalue weighted by Crippen LogP contribution is -2.28. The summed E-state index contributed by atoms with van der Waals surface area (Å²) in [6.07, 6.45) is 3.84. The molecule has 2 N–H and O–H groups in total. The van der Waals surface area contributed by atoms with E-state index in [1.807, 2.05) is 7.05 Å². The van der Waals surface area contributed by atoms with Gasteiger partial charge in [0.2, 0.25) is 0 Å². The van der Waals surface area contributed by atoms with Crippen LogP contribution in [0.5, 0.6) is 0 Å². The Bertz CT molecular complexity index is 357. The number of carbonyl (C=O) groups excluding carboxylic acids is 1. The van der Waals surface area contributed by atoms with Crippen LogP contribution in [0.4, 0.5) is 0 Å². The van der Waals surface area contributed by atoms with Crippen LogP contribution in [0.2, 0.25) is 0 Å². The molecule has 0 saturated heterocycles. The summed E-state index contributed by atoms with van der Waals surface area (Å²) in [6, 6.07) is 4.02. The quantitative estimate of drug-likeness (QED) is 0.793. The number of nitrogens with two attached hydrogens (primary N) is 1. The van der Waals surface area contributed by atoms with Gasteiger partial charge in [-0.05, 0) is 25.0 Å². The number of aromatic nitrogens is 1. The van der Waals surface area contributed by atoms with Crippen molar-refractivity contribution in [2.75, 3.05) is 7.05 Å². The van der Waals surface area contributed by atoms with E-state index in [1.54, 1.807) is 23.2 Å². The monoisotopic (exact) mass is 205 g/mol. The molecule has 1 aliphatic rings. The zero-order valence-electron chi connectivity index (χ0n) is 8.81. The lowest BCUT2D eigenvalue weighted by atomic mass is 10.2. The smallest absolute Gasteiger partial charge is 0.255 e. The number of rotatable bonds is 3. The molecule has 0 radical (unpaired) electrons. The van der Waals surface area contributed by atoms with Crippen LogP contribution in [0.15, 0.2) is 18.3 Å². The molecular formula is C11H15N3O. The molecule has 4 heteroatoms. The first-order valence-electron chi connectivity index (χ1n) is 5.14. The second-order valence-electron chi connectivity index (χ2n) is 3.89. The van der Waals surface area contributed by atoms with Crippen LogP contribution >= 0.6 is 0 Å². The van der Waals surface area contributed by atoms with E-state index in [4.69, 9.17) is 5.73 Å². The molecule has 15 heavy (non-hydrogen) atoms. The van der Waals surface area contributed by atoms with Gasteiger partial charge in [-0.1, -0.05) is 0 Å². The maximum absolute atomic E-state index is 11.9. The fraction of sp³-hybridized carbons (Fsp3) is 0.455. The van der Waals surface area contributed by atoms with Gasteiger partial charge in [0.25, 0.3) is 5.91 Å². The highest BCUT2D eigenvalue weighted by Gasteiger charge is 2.30. The third-order valence-corrected chi connectivity index (χ3v) is 2.70. The molecule has 2 rings (SSSR count). The van der Waals surface area contributed by atoms with E-state index < -0.39 is 0 Å². The topological polar surface area (TPSA) is 59.2 Å². The lowest BCUT2D eigenvalue weighted by Gasteiger charge is -2.15. The summed E-state index contributed by atoms with van der Waals surface area (Å²) >= 11 is 0. The molecule has 0 aliphatic heterocycles. The molecule has 0 unspecified atom stereocenters. The van der Waals surface area contributed by atoms with Crippen molar-refractivity contribution in [3.63, 3.8) is 0 Å². The van der Waals surface area contributed by atoms with E-state index in [2.05, 4.69) is 4.98 Å². The van der Waals surface area contributed by atoms with Gasteiger partial charge in [0.05, 0.1) is 11.3 Å². The van der Waals surface area contributed by atoms with Crippen molar-refractivity contribution in [1.82, 2.24) is 9.88 Å². The Morgan fingerprint density at radius 3 is 2.80 bits per heavy atom. The van der Waals surface area contributed by atoms with Crippen LogP contribution < -0.4 is 5.73 Å². The molecule has 1 aromatic rings. The van der Waals surface area contributed by atoms with Gasteiger partial charge in [-0.15, -0.1) is 0 Å². The van der Waals surface area contributed by atoms with Crippen molar-refractivity contribution in [2.24, 2.45) is 5.73 Å². The summed E-state index contributed by atoms with van der Waals surface area (Å²) < 4.78 is 0. The largest absolute Gasteiger partial charge is 0.339 e. The molecule has 0 spiro atoms. The zero-order valence-corrected chi connectivity index (χ0v) is 8.81. The molecule has 0 bridgehead atoms. The second-order valence-corrected chi connectivity index (χ2v) is 3.89. The Morgan fingerprint density at radius 2 is 2.33 bits per heavy atom. The molecule has 80 valence electrons. The number of nitrogens with zero attached hydrogens (tertiary/aromatic N) is 2. The Morgan fingerprint density at radius 1 is 1.60 bits per heavy atom. The van der Waals surface area contributed by atoms with Crippen LogP contribution in [0, 0.1) is 0 Å². The highest BCUT2D eigenvalue weighted by molar-refractivity contribution is 5.94. The standard InChI is InChI=1S/C11H15N3O/c1-14(10-4-5-10)11(15)8-2-3-9(6-12)13-7-8/h2-3,7,10H,4-6,12H2,1H3. The van der Waals surface area contributed by atoms with Gasteiger partial charge < -0.3 is 10.6 Å². The number of hydrogen-bond donors (Lipinski definition) is 1. The molecule has 1 fully saturated rings.